The van der Waals surface area contributed by atoms with Gasteiger partial charge in [0.2, 0.25) is 5.82 Å². The fourth-order valence-corrected chi connectivity index (χ4v) is 3.18. The van der Waals surface area contributed by atoms with Crippen LogP contribution in [0.1, 0.15) is 26.6 Å². The van der Waals surface area contributed by atoms with Crippen LogP contribution in [0.4, 0.5) is 5.82 Å². The lowest BCUT2D eigenvalue weighted by Crippen LogP contribution is -2.44. The molecule has 0 saturated heterocycles. The van der Waals surface area contributed by atoms with Crippen molar-refractivity contribution in [2.45, 2.75) is 51.6 Å². The molecule has 0 saturated carbocycles. The molecular formula is C13H21N3O3Si. The lowest BCUT2D eigenvalue weighted by Gasteiger charge is -2.38. The van der Waals surface area contributed by atoms with Gasteiger partial charge in [0.05, 0.1) is 0 Å². The van der Waals surface area contributed by atoms with Gasteiger partial charge in [0.1, 0.15) is 18.8 Å². The van der Waals surface area contributed by atoms with E-state index < -0.39 is 13.2 Å². The summed E-state index contributed by atoms with van der Waals surface area (Å²) in [7, 11) is -1.89. The molecule has 2 rings (SSSR count). The molecule has 0 aliphatic carbocycles. The Kier molecular flexibility index (Phi) is 3.59. The Morgan fingerprint density at radius 3 is 2.70 bits per heavy atom. The molecule has 6 nitrogen and oxygen atoms in total. The first-order chi connectivity index (χ1) is 9.12. The van der Waals surface area contributed by atoms with Crippen LogP contribution in [0.25, 0.3) is 6.08 Å². The van der Waals surface area contributed by atoms with Gasteiger partial charge < -0.3 is 14.5 Å². The zero-order valence-electron chi connectivity index (χ0n) is 12.6. The van der Waals surface area contributed by atoms with Crippen molar-refractivity contribution in [2.75, 3.05) is 0 Å². The van der Waals surface area contributed by atoms with Gasteiger partial charge in [0, 0.05) is 6.08 Å². The molecule has 20 heavy (non-hydrogen) atoms. The first-order valence-electron chi connectivity index (χ1n) is 6.68. The third-order valence-corrected chi connectivity index (χ3v) is 8.63. The van der Waals surface area contributed by atoms with E-state index in [9.17, 15) is 10.1 Å². The molecule has 1 atom stereocenters. The molecule has 0 amide bonds. The van der Waals surface area contributed by atoms with Gasteiger partial charge in [-0.15, -0.1) is 0 Å². The Balaban J connectivity index is 2.19. The summed E-state index contributed by atoms with van der Waals surface area (Å²) in [5, 5.41) is 11.1. The minimum absolute atomic E-state index is 0.0215. The fraction of sp³-hybridized carbons (Fsp3) is 0.615. The molecule has 1 aromatic heterocycles. The minimum Gasteiger partial charge on any atom is -0.407 e. The van der Waals surface area contributed by atoms with Gasteiger partial charge in [-0.05, 0) is 29.1 Å². The molecule has 2 heterocycles. The Morgan fingerprint density at radius 2 is 2.15 bits per heavy atom. The first-order valence-corrected chi connectivity index (χ1v) is 9.58. The van der Waals surface area contributed by atoms with Gasteiger partial charge in [-0.1, -0.05) is 20.8 Å². The van der Waals surface area contributed by atoms with E-state index in [0.717, 1.165) is 0 Å². The van der Waals surface area contributed by atoms with E-state index in [4.69, 9.17) is 4.43 Å². The zero-order chi connectivity index (χ0) is 15.1. The van der Waals surface area contributed by atoms with Crippen LogP contribution in [0.15, 0.2) is 12.3 Å². The summed E-state index contributed by atoms with van der Waals surface area (Å²) in [5.41, 5.74) is 0. The predicted molar refractivity (Wildman–Crippen MR) is 80.0 cm³/mol. The maximum Gasteiger partial charge on any atom is 0.343 e. The second-order valence-electron chi connectivity index (χ2n) is 6.62. The normalized spacial score (nSPS) is 18.9. The molecule has 0 spiro atoms. The van der Waals surface area contributed by atoms with Crippen LogP contribution < -0.4 is 0 Å². The SMILES string of the molecule is CC(C)(C)[Si](C)(C)O[C@@H]1C=Cc2ncc([N+](=O)[O-])n2C1. The molecule has 1 aliphatic rings. The van der Waals surface area contributed by atoms with Gasteiger partial charge in [0.25, 0.3) is 0 Å². The molecule has 110 valence electrons. The summed E-state index contributed by atoms with van der Waals surface area (Å²) < 4.78 is 7.89. The van der Waals surface area contributed by atoms with Crippen LogP contribution in [0.5, 0.6) is 0 Å². The number of hydrogen-bond acceptors (Lipinski definition) is 4. The van der Waals surface area contributed by atoms with E-state index in [1.54, 1.807) is 10.6 Å². The number of aromatic nitrogens is 2. The molecule has 0 aromatic carbocycles. The summed E-state index contributed by atoms with van der Waals surface area (Å²) in [4.78, 5) is 14.6. The van der Waals surface area contributed by atoms with Gasteiger partial charge in [-0.25, -0.2) is 9.55 Å². The highest BCUT2D eigenvalue weighted by Gasteiger charge is 2.40. The quantitative estimate of drug-likeness (QED) is 0.488. The van der Waals surface area contributed by atoms with Crippen molar-refractivity contribution in [3.63, 3.8) is 0 Å². The van der Waals surface area contributed by atoms with Crippen molar-refractivity contribution in [1.82, 2.24) is 9.55 Å². The summed E-state index contributed by atoms with van der Waals surface area (Å²) in [6.45, 7) is 11.3. The van der Waals surface area contributed by atoms with Crippen LogP contribution in [0.3, 0.4) is 0 Å². The molecule has 7 heteroatoms. The second kappa shape index (κ2) is 4.82. The van der Waals surface area contributed by atoms with Crippen LogP contribution in [-0.4, -0.2) is 28.9 Å². The van der Waals surface area contributed by atoms with Crippen molar-refractivity contribution < 1.29 is 9.35 Å². The van der Waals surface area contributed by atoms with E-state index in [0.29, 0.717) is 12.4 Å². The number of fused-ring (bicyclic) bond motifs is 1. The molecule has 0 fully saturated rings. The fourth-order valence-electron chi connectivity index (χ4n) is 1.91. The Morgan fingerprint density at radius 1 is 1.50 bits per heavy atom. The van der Waals surface area contributed by atoms with Crippen molar-refractivity contribution in [2.24, 2.45) is 0 Å². The molecule has 0 bridgehead atoms. The Hall–Kier alpha value is -1.47. The maximum absolute atomic E-state index is 11.0. The largest absolute Gasteiger partial charge is 0.407 e. The Labute approximate surface area is 119 Å². The van der Waals surface area contributed by atoms with E-state index in [1.165, 1.54) is 6.20 Å². The van der Waals surface area contributed by atoms with E-state index in [2.05, 4.69) is 38.8 Å². The van der Waals surface area contributed by atoms with Crippen molar-refractivity contribution in [3.8, 4) is 0 Å². The average Bonchev–Trinajstić information content (AvgIpc) is 2.69. The molecular weight excluding hydrogens is 274 g/mol. The molecule has 0 N–H and O–H groups in total. The van der Waals surface area contributed by atoms with Crippen molar-refractivity contribution in [1.29, 1.82) is 0 Å². The highest BCUT2D eigenvalue weighted by molar-refractivity contribution is 6.74. The van der Waals surface area contributed by atoms with Crippen LogP contribution >= 0.6 is 0 Å². The third-order valence-electron chi connectivity index (χ3n) is 4.13. The molecule has 1 aromatic rings. The average molecular weight is 295 g/mol. The summed E-state index contributed by atoms with van der Waals surface area (Å²) in [6, 6.07) is 0. The lowest BCUT2D eigenvalue weighted by molar-refractivity contribution is -0.392. The Bertz CT molecular complexity index is 558. The molecule has 1 aliphatic heterocycles. The number of nitro groups is 1. The van der Waals surface area contributed by atoms with E-state index >= 15 is 0 Å². The second-order valence-corrected chi connectivity index (χ2v) is 11.4. The highest BCUT2D eigenvalue weighted by atomic mass is 28.4. The smallest absolute Gasteiger partial charge is 0.343 e. The van der Waals surface area contributed by atoms with Crippen LogP contribution in [0, 0.1) is 10.1 Å². The highest BCUT2D eigenvalue weighted by Crippen LogP contribution is 2.38. The monoisotopic (exact) mass is 295 g/mol. The maximum atomic E-state index is 11.0. The van der Waals surface area contributed by atoms with E-state index in [1.807, 2.05) is 6.08 Å². The first kappa shape index (κ1) is 14.9. The van der Waals surface area contributed by atoms with E-state index in [-0.39, 0.29) is 17.0 Å². The number of hydrogen-bond donors (Lipinski definition) is 0. The van der Waals surface area contributed by atoms with Gasteiger partial charge >= 0.3 is 5.82 Å². The van der Waals surface area contributed by atoms with Gasteiger partial charge in [-0.2, -0.15) is 0 Å². The number of rotatable bonds is 3. The summed E-state index contributed by atoms with van der Waals surface area (Å²) in [6.07, 6.45) is 4.92. The topological polar surface area (TPSA) is 70.2 Å². The van der Waals surface area contributed by atoms with Gasteiger partial charge in [-0.3, -0.25) is 0 Å². The minimum atomic E-state index is -1.89. The van der Waals surface area contributed by atoms with Crippen molar-refractivity contribution >= 4 is 20.2 Å². The predicted octanol–water partition coefficient (Wildman–Crippen LogP) is 3.21. The van der Waals surface area contributed by atoms with Crippen molar-refractivity contribution in [3.05, 3.63) is 28.2 Å². The third kappa shape index (κ3) is 2.68. The van der Waals surface area contributed by atoms with Crippen LogP contribution in [-0.2, 0) is 11.0 Å². The molecule has 0 unspecified atom stereocenters. The standard InChI is InChI=1S/C13H21N3O3Si/c1-13(2,3)20(4,5)19-10-6-7-11-14-8-12(16(17)18)15(11)9-10/h6-8,10H,9H2,1-5H3/t10-/m1/s1. The molecule has 0 radical (unpaired) electrons. The summed E-state index contributed by atoms with van der Waals surface area (Å²) >= 11 is 0. The van der Waals surface area contributed by atoms with Gasteiger partial charge in [0.15, 0.2) is 8.32 Å². The lowest BCUT2D eigenvalue weighted by atomic mass is 10.2. The number of nitrogens with zero attached hydrogens (tertiary/aromatic N) is 3. The van der Waals surface area contributed by atoms with Crippen LogP contribution in [0.2, 0.25) is 18.1 Å². The summed E-state index contributed by atoms with van der Waals surface area (Å²) in [5.74, 6) is 0.639. The zero-order valence-corrected chi connectivity index (χ0v) is 13.6. The number of imidazole rings is 1.